The van der Waals surface area contributed by atoms with Crippen LogP contribution in [-0.4, -0.2) is 31.2 Å². The Morgan fingerprint density at radius 1 is 1.22 bits per heavy atom. The van der Waals surface area contributed by atoms with E-state index in [-0.39, 0.29) is 36.5 Å². The average molecular weight is 327 g/mol. The van der Waals surface area contributed by atoms with Crippen molar-refractivity contribution in [3.63, 3.8) is 0 Å². The molecule has 18 heavy (non-hydrogen) atoms. The molecule has 1 aromatic heterocycles. The first-order valence-corrected chi connectivity index (χ1v) is 6.07. The Kier molecular flexibility index (Phi) is 5.36. The van der Waals surface area contributed by atoms with Gasteiger partial charge in [-0.05, 0) is 22.0 Å². The van der Waals surface area contributed by atoms with Crippen LogP contribution in [0.5, 0.6) is 0 Å². The third-order valence-electron chi connectivity index (χ3n) is 2.24. The van der Waals surface area contributed by atoms with Crippen molar-refractivity contribution < 1.29 is 13.2 Å². The zero-order valence-electron chi connectivity index (χ0n) is 9.54. The van der Waals surface area contributed by atoms with Crippen molar-refractivity contribution >= 4 is 21.7 Å². The molecule has 0 saturated carbocycles. The van der Waals surface area contributed by atoms with E-state index in [4.69, 9.17) is 11.5 Å². The molecule has 1 heterocycles. The fourth-order valence-corrected chi connectivity index (χ4v) is 1.86. The lowest BCUT2D eigenvalue weighted by atomic mass is 10.2. The van der Waals surface area contributed by atoms with Crippen LogP contribution in [0.15, 0.2) is 16.7 Å². The second kappa shape index (κ2) is 6.35. The van der Waals surface area contributed by atoms with Crippen molar-refractivity contribution in [1.29, 1.82) is 0 Å². The summed E-state index contributed by atoms with van der Waals surface area (Å²) in [5.74, 6) is -0.137. The van der Waals surface area contributed by atoms with Gasteiger partial charge in [-0.3, -0.25) is 0 Å². The minimum atomic E-state index is -4.46. The van der Waals surface area contributed by atoms with Gasteiger partial charge in [0.25, 0.3) is 0 Å². The largest absolute Gasteiger partial charge is 0.419 e. The number of pyridine rings is 1. The average Bonchev–Trinajstić information content (AvgIpc) is 2.27. The normalized spacial score (nSPS) is 11.7. The van der Waals surface area contributed by atoms with Gasteiger partial charge in [0.1, 0.15) is 5.82 Å². The number of alkyl halides is 3. The number of anilines is 1. The van der Waals surface area contributed by atoms with Crippen LogP contribution in [0, 0.1) is 0 Å². The molecular weight excluding hydrogens is 313 g/mol. The van der Waals surface area contributed by atoms with E-state index in [2.05, 4.69) is 20.9 Å². The van der Waals surface area contributed by atoms with Gasteiger partial charge in [-0.1, -0.05) is 0 Å². The highest BCUT2D eigenvalue weighted by atomic mass is 79.9. The van der Waals surface area contributed by atoms with E-state index in [1.165, 1.54) is 11.1 Å². The zero-order chi connectivity index (χ0) is 13.8. The highest BCUT2D eigenvalue weighted by Crippen LogP contribution is 2.36. The summed E-state index contributed by atoms with van der Waals surface area (Å²) in [5.41, 5.74) is 9.98. The lowest BCUT2D eigenvalue weighted by molar-refractivity contribution is -0.137. The maximum atomic E-state index is 12.9. The van der Waals surface area contributed by atoms with Gasteiger partial charge in [-0.15, -0.1) is 0 Å². The van der Waals surface area contributed by atoms with Crippen molar-refractivity contribution in [2.24, 2.45) is 11.5 Å². The van der Waals surface area contributed by atoms with Gasteiger partial charge in [0, 0.05) is 36.8 Å². The van der Waals surface area contributed by atoms with Gasteiger partial charge in [-0.2, -0.15) is 13.2 Å². The van der Waals surface area contributed by atoms with Crippen molar-refractivity contribution in [2.45, 2.75) is 6.18 Å². The summed E-state index contributed by atoms with van der Waals surface area (Å²) in [6.07, 6.45) is -3.14. The van der Waals surface area contributed by atoms with Crippen LogP contribution >= 0.6 is 15.9 Å². The van der Waals surface area contributed by atoms with E-state index in [1.54, 1.807) is 0 Å². The Bertz CT molecular complexity index is 391. The summed E-state index contributed by atoms with van der Waals surface area (Å²) in [6, 6.07) is 1.00. The van der Waals surface area contributed by atoms with E-state index in [1.807, 2.05) is 0 Å². The lowest BCUT2D eigenvalue weighted by Crippen LogP contribution is -2.36. The van der Waals surface area contributed by atoms with Crippen molar-refractivity contribution in [3.8, 4) is 0 Å². The van der Waals surface area contributed by atoms with Crippen LogP contribution < -0.4 is 16.4 Å². The van der Waals surface area contributed by atoms with Crippen LogP contribution in [0.2, 0.25) is 0 Å². The van der Waals surface area contributed by atoms with E-state index in [0.717, 1.165) is 6.07 Å². The van der Waals surface area contributed by atoms with E-state index in [9.17, 15) is 13.2 Å². The molecule has 0 aliphatic rings. The molecule has 0 aliphatic carbocycles. The third kappa shape index (κ3) is 3.82. The summed E-state index contributed by atoms with van der Waals surface area (Å²) in [7, 11) is 0. The Hall–Kier alpha value is -0.860. The minimum absolute atomic E-state index is 0.137. The molecule has 0 aromatic carbocycles. The monoisotopic (exact) mass is 326 g/mol. The fraction of sp³-hybridized carbons (Fsp3) is 0.500. The molecule has 0 atom stereocenters. The first-order valence-electron chi connectivity index (χ1n) is 5.28. The Morgan fingerprint density at radius 2 is 1.78 bits per heavy atom. The Balaban J connectivity index is 3.20. The topological polar surface area (TPSA) is 68.2 Å². The molecular formula is C10H14BrF3N4. The first kappa shape index (κ1) is 15.2. The molecule has 1 rings (SSSR count). The molecule has 0 unspecified atom stereocenters. The van der Waals surface area contributed by atoms with Crippen molar-refractivity contribution in [2.75, 3.05) is 31.1 Å². The predicted molar refractivity (Wildman–Crippen MR) is 67.3 cm³/mol. The number of rotatable bonds is 5. The van der Waals surface area contributed by atoms with Crippen LogP contribution in [0.4, 0.5) is 19.0 Å². The highest BCUT2D eigenvalue weighted by molar-refractivity contribution is 9.10. The zero-order valence-corrected chi connectivity index (χ0v) is 11.1. The second-order valence-corrected chi connectivity index (χ2v) is 4.50. The van der Waals surface area contributed by atoms with Crippen LogP contribution in [0.1, 0.15) is 5.56 Å². The fourth-order valence-electron chi connectivity index (χ4n) is 1.53. The maximum absolute atomic E-state index is 12.9. The number of nitrogens with two attached hydrogens (primary N) is 2. The van der Waals surface area contributed by atoms with Gasteiger partial charge in [0.2, 0.25) is 0 Å². The number of aromatic nitrogens is 1. The molecule has 0 amide bonds. The van der Waals surface area contributed by atoms with Gasteiger partial charge >= 0.3 is 6.18 Å². The standard InChI is InChI=1S/C10H14BrF3N4/c11-7-5-8(10(12,13)14)9(17-6-7)18(3-1-15)4-2-16/h5-6H,1-4,15-16H2. The van der Waals surface area contributed by atoms with Gasteiger partial charge in [0.05, 0.1) is 5.56 Å². The SMILES string of the molecule is NCCN(CCN)c1ncc(Br)cc1C(F)(F)F. The summed E-state index contributed by atoms with van der Waals surface area (Å²) < 4.78 is 39.0. The molecule has 4 N–H and O–H groups in total. The molecule has 0 spiro atoms. The van der Waals surface area contributed by atoms with E-state index in [0.29, 0.717) is 0 Å². The quantitative estimate of drug-likeness (QED) is 0.862. The smallest absolute Gasteiger partial charge is 0.354 e. The van der Waals surface area contributed by atoms with Gasteiger partial charge in [-0.25, -0.2) is 4.98 Å². The third-order valence-corrected chi connectivity index (χ3v) is 2.67. The minimum Gasteiger partial charge on any atom is -0.354 e. The number of halogens is 4. The number of nitrogens with zero attached hydrogens (tertiary/aromatic N) is 2. The van der Waals surface area contributed by atoms with Crippen molar-refractivity contribution in [1.82, 2.24) is 4.98 Å². The highest BCUT2D eigenvalue weighted by Gasteiger charge is 2.36. The maximum Gasteiger partial charge on any atom is 0.419 e. The first-order chi connectivity index (χ1) is 8.40. The van der Waals surface area contributed by atoms with E-state index >= 15 is 0 Å². The molecule has 1 aromatic rings. The molecule has 4 nitrogen and oxygen atoms in total. The van der Waals surface area contributed by atoms with Crippen LogP contribution in [0.3, 0.4) is 0 Å². The van der Waals surface area contributed by atoms with Crippen molar-refractivity contribution in [3.05, 3.63) is 22.3 Å². The summed E-state index contributed by atoms with van der Waals surface area (Å²) in [5, 5.41) is 0. The summed E-state index contributed by atoms with van der Waals surface area (Å²) >= 11 is 2.99. The van der Waals surface area contributed by atoms with Crippen LogP contribution in [-0.2, 0) is 6.18 Å². The predicted octanol–water partition coefficient (Wildman–Crippen LogP) is 1.59. The lowest BCUT2D eigenvalue weighted by Gasteiger charge is -2.25. The van der Waals surface area contributed by atoms with E-state index < -0.39 is 11.7 Å². The number of hydrogen-bond donors (Lipinski definition) is 2. The molecule has 0 saturated heterocycles. The Labute approximate surface area is 111 Å². The Morgan fingerprint density at radius 3 is 2.22 bits per heavy atom. The molecule has 102 valence electrons. The summed E-state index contributed by atoms with van der Waals surface area (Å²) in [6.45, 7) is 1.01. The van der Waals surface area contributed by atoms with Gasteiger partial charge < -0.3 is 16.4 Å². The van der Waals surface area contributed by atoms with Crippen LogP contribution in [0.25, 0.3) is 0 Å². The molecule has 0 bridgehead atoms. The molecule has 0 aliphatic heterocycles. The molecule has 0 fully saturated rings. The van der Waals surface area contributed by atoms with Gasteiger partial charge in [0.15, 0.2) is 0 Å². The molecule has 8 heteroatoms. The molecule has 0 radical (unpaired) electrons. The second-order valence-electron chi connectivity index (χ2n) is 3.59. The summed E-state index contributed by atoms with van der Waals surface area (Å²) in [4.78, 5) is 5.27. The number of hydrogen-bond acceptors (Lipinski definition) is 4.